The number of hydrogen-bond acceptors (Lipinski definition) is 5. The van der Waals surface area contributed by atoms with E-state index in [1.807, 2.05) is 0 Å². The van der Waals surface area contributed by atoms with Crippen molar-refractivity contribution in [1.29, 1.82) is 0 Å². The van der Waals surface area contributed by atoms with E-state index in [9.17, 15) is 19.8 Å². The van der Waals surface area contributed by atoms with Gasteiger partial charge in [0.25, 0.3) is 0 Å². The van der Waals surface area contributed by atoms with Gasteiger partial charge >= 0.3 is 5.97 Å². The zero-order valence-electron chi connectivity index (χ0n) is 53.4. The van der Waals surface area contributed by atoms with Gasteiger partial charge in [-0.25, -0.2) is 0 Å². The molecule has 0 saturated heterocycles. The molecule has 0 aliphatic heterocycles. The molecule has 0 aromatic rings. The van der Waals surface area contributed by atoms with Crippen LogP contribution in [0.15, 0.2) is 0 Å². The highest BCUT2D eigenvalue weighted by atomic mass is 16.5. The van der Waals surface area contributed by atoms with E-state index in [4.69, 9.17) is 4.74 Å². The smallest absolute Gasteiger partial charge is 0.305 e. The van der Waals surface area contributed by atoms with Gasteiger partial charge in [0.05, 0.1) is 25.4 Å². The summed E-state index contributed by atoms with van der Waals surface area (Å²) in [5.41, 5.74) is 0. The van der Waals surface area contributed by atoms with Gasteiger partial charge in [0.1, 0.15) is 0 Å². The number of nitrogens with one attached hydrogen (secondary N) is 1. The Kier molecular flexibility index (Phi) is 67.4. The average Bonchev–Trinajstić information content (AvgIpc) is 3.44. The van der Waals surface area contributed by atoms with Crippen molar-refractivity contribution in [2.75, 3.05) is 13.2 Å². The lowest BCUT2D eigenvalue weighted by atomic mass is 10.0. The zero-order chi connectivity index (χ0) is 56.4. The van der Waals surface area contributed by atoms with Crippen LogP contribution in [0.5, 0.6) is 0 Å². The Morgan fingerprint density at radius 1 is 0.308 bits per heavy atom. The number of aliphatic hydroxyl groups excluding tert-OH is 2. The fraction of sp³-hybridized carbons (Fsp3) is 0.972. The average molecular weight is 1100 g/mol. The SMILES string of the molecule is CCCCCCCCCCCCCCCCCCCCCC(O)C(CO)NC(=O)CCCCCCCCCCCCCCCCCCCCCCCCCCCCCCOC(=O)CCCCCCCCCCCCCCCC. The molecule has 0 aliphatic rings. The summed E-state index contributed by atoms with van der Waals surface area (Å²) in [5, 5.41) is 23.4. The Balaban J connectivity index is 3.33. The quantitative estimate of drug-likeness (QED) is 0.0417. The van der Waals surface area contributed by atoms with Gasteiger partial charge < -0.3 is 20.3 Å². The van der Waals surface area contributed by atoms with Crippen LogP contribution in [0.3, 0.4) is 0 Å². The largest absolute Gasteiger partial charge is 0.466 e. The van der Waals surface area contributed by atoms with E-state index < -0.39 is 12.1 Å². The summed E-state index contributed by atoms with van der Waals surface area (Å²) in [6, 6.07) is -0.538. The Morgan fingerprint density at radius 3 is 0.782 bits per heavy atom. The first-order chi connectivity index (χ1) is 38.5. The summed E-state index contributed by atoms with van der Waals surface area (Å²) in [4.78, 5) is 24.6. The van der Waals surface area contributed by atoms with Crippen molar-refractivity contribution in [3.8, 4) is 0 Å². The molecule has 0 radical (unpaired) electrons. The summed E-state index contributed by atoms with van der Waals surface area (Å²) in [6.45, 7) is 5.01. The molecule has 0 rings (SSSR count). The molecule has 6 nitrogen and oxygen atoms in total. The summed E-state index contributed by atoms with van der Waals surface area (Å²) in [5.74, 6) is -0.00419. The summed E-state index contributed by atoms with van der Waals surface area (Å²) in [6.07, 6.45) is 83.0. The Morgan fingerprint density at radius 2 is 0.526 bits per heavy atom. The van der Waals surface area contributed by atoms with E-state index in [1.54, 1.807) is 0 Å². The second-order valence-corrected chi connectivity index (χ2v) is 25.3. The van der Waals surface area contributed by atoms with Gasteiger partial charge in [-0.1, -0.05) is 386 Å². The molecular formula is C72H143NO5. The van der Waals surface area contributed by atoms with Gasteiger partial charge in [0.15, 0.2) is 0 Å². The third-order valence-electron chi connectivity index (χ3n) is 17.4. The maximum absolute atomic E-state index is 12.5. The minimum atomic E-state index is -0.662. The Labute approximate surface area is 489 Å². The van der Waals surface area contributed by atoms with Crippen molar-refractivity contribution in [1.82, 2.24) is 5.32 Å². The van der Waals surface area contributed by atoms with Gasteiger partial charge in [-0.05, 0) is 25.7 Å². The van der Waals surface area contributed by atoms with Crippen molar-refractivity contribution < 1.29 is 24.5 Å². The number of unbranched alkanes of at least 4 members (excludes halogenated alkanes) is 58. The maximum Gasteiger partial charge on any atom is 0.305 e. The maximum atomic E-state index is 12.5. The van der Waals surface area contributed by atoms with Crippen LogP contribution in [-0.4, -0.2) is 47.4 Å². The van der Waals surface area contributed by atoms with E-state index >= 15 is 0 Å². The molecule has 0 saturated carbocycles. The van der Waals surface area contributed by atoms with Crippen LogP contribution in [-0.2, 0) is 14.3 Å². The van der Waals surface area contributed by atoms with E-state index in [1.165, 1.54) is 353 Å². The molecule has 0 spiro atoms. The lowest BCUT2D eigenvalue weighted by Crippen LogP contribution is -2.45. The number of aliphatic hydroxyl groups is 2. The summed E-state index contributed by atoms with van der Waals surface area (Å²) >= 11 is 0. The fourth-order valence-corrected chi connectivity index (χ4v) is 11.9. The third kappa shape index (κ3) is 64.0. The van der Waals surface area contributed by atoms with Gasteiger partial charge in [-0.2, -0.15) is 0 Å². The van der Waals surface area contributed by atoms with Crippen molar-refractivity contribution in [3.63, 3.8) is 0 Å². The third-order valence-corrected chi connectivity index (χ3v) is 17.4. The minimum absolute atomic E-state index is 0.0224. The number of ether oxygens (including phenoxy) is 1. The molecule has 3 N–H and O–H groups in total. The van der Waals surface area contributed by atoms with Crippen molar-refractivity contribution in [3.05, 3.63) is 0 Å². The van der Waals surface area contributed by atoms with Gasteiger partial charge in [-0.3, -0.25) is 9.59 Å². The Hall–Kier alpha value is -1.14. The predicted molar refractivity (Wildman–Crippen MR) is 343 cm³/mol. The predicted octanol–water partition coefficient (Wildman–Crippen LogP) is 23.4. The second kappa shape index (κ2) is 68.4. The summed E-state index contributed by atoms with van der Waals surface area (Å²) < 4.78 is 5.50. The number of hydrogen-bond donors (Lipinski definition) is 3. The molecule has 78 heavy (non-hydrogen) atoms. The molecule has 0 bridgehead atoms. The molecule has 0 aliphatic carbocycles. The first-order valence-electron chi connectivity index (χ1n) is 36.3. The van der Waals surface area contributed by atoms with Gasteiger partial charge in [0.2, 0.25) is 5.91 Å². The Bertz CT molecular complexity index is 1130. The lowest BCUT2D eigenvalue weighted by Gasteiger charge is -2.22. The fourth-order valence-electron chi connectivity index (χ4n) is 11.9. The van der Waals surface area contributed by atoms with Crippen molar-refractivity contribution in [2.45, 2.75) is 437 Å². The molecule has 0 aromatic heterocycles. The first kappa shape index (κ1) is 76.9. The lowest BCUT2D eigenvalue weighted by molar-refractivity contribution is -0.143. The molecular weight excluding hydrogens is 959 g/mol. The first-order valence-corrected chi connectivity index (χ1v) is 36.3. The monoisotopic (exact) mass is 1100 g/mol. The van der Waals surface area contributed by atoms with E-state index in [0.717, 1.165) is 38.5 Å². The minimum Gasteiger partial charge on any atom is -0.466 e. The molecule has 0 fully saturated rings. The van der Waals surface area contributed by atoms with Crippen LogP contribution >= 0.6 is 0 Å². The zero-order valence-corrected chi connectivity index (χ0v) is 53.4. The number of rotatable bonds is 69. The van der Waals surface area contributed by atoms with Crippen LogP contribution in [0.4, 0.5) is 0 Å². The molecule has 466 valence electrons. The van der Waals surface area contributed by atoms with Crippen LogP contribution in [0, 0.1) is 0 Å². The topological polar surface area (TPSA) is 95.9 Å². The van der Waals surface area contributed by atoms with E-state index in [2.05, 4.69) is 19.2 Å². The molecule has 0 aromatic carbocycles. The molecule has 0 heterocycles. The van der Waals surface area contributed by atoms with Crippen LogP contribution < -0.4 is 5.32 Å². The number of carbonyl (C=O) groups excluding carboxylic acids is 2. The second-order valence-electron chi connectivity index (χ2n) is 25.3. The van der Waals surface area contributed by atoms with Crippen molar-refractivity contribution >= 4 is 11.9 Å². The molecule has 2 unspecified atom stereocenters. The highest BCUT2D eigenvalue weighted by molar-refractivity contribution is 5.76. The number of amides is 1. The molecule has 1 amide bonds. The highest BCUT2D eigenvalue weighted by Crippen LogP contribution is 2.20. The normalized spacial score (nSPS) is 12.4. The molecule has 2 atom stereocenters. The number of carbonyl (C=O) groups is 2. The van der Waals surface area contributed by atoms with Crippen LogP contribution in [0.2, 0.25) is 0 Å². The number of esters is 1. The standard InChI is InChI=1S/C72H143NO5/c1-3-5-7-9-11-13-15-17-19-20-31-34-37-40-44-48-52-56-60-64-70(75)69(68-74)73-71(76)65-61-57-53-49-45-41-38-35-32-29-27-25-23-21-22-24-26-28-30-33-36-39-43-47-51-55-59-63-67-78-72(77)66-62-58-54-50-46-42-18-16-14-12-10-8-6-4-2/h69-70,74-75H,3-68H2,1-2H3,(H,73,76). The van der Waals surface area contributed by atoms with Gasteiger partial charge in [-0.15, -0.1) is 0 Å². The van der Waals surface area contributed by atoms with Crippen LogP contribution in [0.25, 0.3) is 0 Å². The van der Waals surface area contributed by atoms with E-state index in [0.29, 0.717) is 25.9 Å². The van der Waals surface area contributed by atoms with Crippen LogP contribution in [0.1, 0.15) is 425 Å². The van der Waals surface area contributed by atoms with E-state index in [-0.39, 0.29) is 18.5 Å². The van der Waals surface area contributed by atoms with Crippen molar-refractivity contribution in [2.24, 2.45) is 0 Å². The summed E-state index contributed by atoms with van der Waals surface area (Å²) in [7, 11) is 0. The highest BCUT2D eigenvalue weighted by Gasteiger charge is 2.20. The van der Waals surface area contributed by atoms with Gasteiger partial charge in [0, 0.05) is 12.8 Å². The molecule has 6 heteroatoms.